The molecule has 0 aliphatic heterocycles. The summed E-state index contributed by atoms with van der Waals surface area (Å²) in [4.78, 5) is 0. The summed E-state index contributed by atoms with van der Waals surface area (Å²) in [5.74, 6) is -0.431. The van der Waals surface area contributed by atoms with Crippen molar-refractivity contribution in [1.82, 2.24) is 0 Å². The van der Waals surface area contributed by atoms with E-state index in [0.29, 0.717) is 10.6 Å². The van der Waals surface area contributed by atoms with Crippen LogP contribution in [0.25, 0.3) is 0 Å². The standard InChI is InChI=1S/C8H6ClF3O3S/c1-5-4-6(2-3-7(5)9)15-16(13,14)8(10,11)12/h2-4H,1H3. The predicted molar refractivity (Wildman–Crippen MR) is 51.8 cm³/mol. The van der Waals surface area contributed by atoms with E-state index in [1.54, 1.807) is 0 Å². The van der Waals surface area contributed by atoms with Gasteiger partial charge in [-0.05, 0) is 30.7 Å². The van der Waals surface area contributed by atoms with Gasteiger partial charge in [0, 0.05) is 5.02 Å². The molecular weight excluding hydrogens is 269 g/mol. The van der Waals surface area contributed by atoms with Gasteiger partial charge in [0.1, 0.15) is 5.75 Å². The quantitative estimate of drug-likeness (QED) is 0.615. The van der Waals surface area contributed by atoms with E-state index in [1.807, 2.05) is 0 Å². The zero-order valence-corrected chi connectivity index (χ0v) is 9.45. The Morgan fingerprint density at radius 3 is 2.31 bits per heavy atom. The Morgan fingerprint density at radius 1 is 1.31 bits per heavy atom. The summed E-state index contributed by atoms with van der Waals surface area (Å²) >= 11 is 5.61. The largest absolute Gasteiger partial charge is 0.534 e. The summed E-state index contributed by atoms with van der Waals surface area (Å²) in [5.41, 5.74) is -5.03. The van der Waals surface area contributed by atoms with E-state index in [-0.39, 0.29) is 0 Å². The van der Waals surface area contributed by atoms with Gasteiger partial charge >= 0.3 is 15.6 Å². The van der Waals surface area contributed by atoms with E-state index < -0.39 is 21.4 Å². The molecule has 8 heteroatoms. The van der Waals surface area contributed by atoms with E-state index in [0.717, 1.165) is 12.1 Å². The number of alkyl halides is 3. The Hall–Kier alpha value is -0.950. The zero-order chi connectivity index (χ0) is 12.6. The smallest absolute Gasteiger partial charge is 0.376 e. The molecule has 1 aromatic carbocycles. The third kappa shape index (κ3) is 2.79. The van der Waals surface area contributed by atoms with Crippen LogP contribution in [0.2, 0.25) is 5.02 Å². The summed E-state index contributed by atoms with van der Waals surface area (Å²) < 4.78 is 61.0. The number of hydrogen-bond acceptors (Lipinski definition) is 3. The molecule has 3 nitrogen and oxygen atoms in total. The first kappa shape index (κ1) is 13.1. The third-order valence-corrected chi connectivity index (χ3v) is 3.02. The van der Waals surface area contributed by atoms with Crippen LogP contribution in [0.5, 0.6) is 5.75 Å². The average molecular weight is 275 g/mol. The molecule has 0 fully saturated rings. The summed E-state index contributed by atoms with van der Waals surface area (Å²) in [6.07, 6.45) is 0. The van der Waals surface area contributed by atoms with Gasteiger partial charge in [0.2, 0.25) is 0 Å². The maximum absolute atomic E-state index is 12.0. The highest BCUT2D eigenvalue weighted by molar-refractivity contribution is 7.87. The molecule has 0 unspecified atom stereocenters. The van der Waals surface area contributed by atoms with E-state index in [1.165, 1.54) is 13.0 Å². The van der Waals surface area contributed by atoms with Gasteiger partial charge in [0.15, 0.2) is 0 Å². The zero-order valence-electron chi connectivity index (χ0n) is 7.88. The molecule has 0 aliphatic rings. The number of aryl methyl sites for hydroxylation is 1. The number of rotatable bonds is 2. The fourth-order valence-corrected chi connectivity index (χ4v) is 1.41. The molecule has 0 spiro atoms. The van der Waals surface area contributed by atoms with Gasteiger partial charge in [-0.1, -0.05) is 11.6 Å². The van der Waals surface area contributed by atoms with Crippen LogP contribution in [0, 0.1) is 6.92 Å². The molecule has 0 aliphatic carbocycles. The summed E-state index contributed by atoms with van der Waals surface area (Å²) in [5, 5.41) is 0.303. The number of hydrogen-bond donors (Lipinski definition) is 0. The lowest BCUT2D eigenvalue weighted by molar-refractivity contribution is -0.0500. The molecule has 0 saturated carbocycles. The SMILES string of the molecule is Cc1cc(OS(=O)(=O)C(F)(F)F)ccc1Cl. The normalized spacial score (nSPS) is 12.6. The van der Waals surface area contributed by atoms with Gasteiger partial charge in [-0.3, -0.25) is 0 Å². The van der Waals surface area contributed by atoms with Gasteiger partial charge in [-0.25, -0.2) is 0 Å². The van der Waals surface area contributed by atoms with Crippen molar-refractivity contribution in [3.63, 3.8) is 0 Å². The van der Waals surface area contributed by atoms with Crippen molar-refractivity contribution in [3.8, 4) is 5.75 Å². The van der Waals surface area contributed by atoms with Gasteiger partial charge in [0.25, 0.3) is 0 Å². The minimum atomic E-state index is -5.62. The highest BCUT2D eigenvalue weighted by Gasteiger charge is 2.48. The lowest BCUT2D eigenvalue weighted by Crippen LogP contribution is -2.28. The molecule has 0 N–H and O–H groups in total. The maximum atomic E-state index is 12.0. The molecule has 90 valence electrons. The Kier molecular flexibility index (Phi) is 3.39. The number of halogens is 4. The van der Waals surface area contributed by atoms with Crippen LogP contribution in [0.15, 0.2) is 18.2 Å². The van der Waals surface area contributed by atoms with Crippen LogP contribution in [-0.2, 0) is 10.1 Å². The lowest BCUT2D eigenvalue weighted by Gasteiger charge is -2.09. The van der Waals surface area contributed by atoms with E-state index in [9.17, 15) is 21.6 Å². The van der Waals surface area contributed by atoms with Crippen LogP contribution in [0.4, 0.5) is 13.2 Å². The Morgan fingerprint density at radius 2 is 1.88 bits per heavy atom. The van der Waals surface area contributed by atoms with Crippen molar-refractivity contribution < 1.29 is 25.8 Å². The molecule has 0 heterocycles. The second kappa shape index (κ2) is 4.14. The van der Waals surface area contributed by atoms with Gasteiger partial charge in [-0.2, -0.15) is 21.6 Å². The van der Waals surface area contributed by atoms with Crippen molar-refractivity contribution in [2.24, 2.45) is 0 Å². The molecule has 0 aromatic heterocycles. The predicted octanol–water partition coefficient (Wildman–Crippen LogP) is 2.88. The molecule has 0 bridgehead atoms. The van der Waals surface area contributed by atoms with Crippen LogP contribution in [-0.4, -0.2) is 13.9 Å². The maximum Gasteiger partial charge on any atom is 0.534 e. The molecule has 0 amide bonds. The molecular formula is C8H6ClF3O3S. The Labute approximate surface area is 94.9 Å². The summed E-state index contributed by atoms with van der Waals surface area (Å²) in [6, 6.07) is 3.39. The van der Waals surface area contributed by atoms with Gasteiger partial charge < -0.3 is 4.18 Å². The first-order chi connectivity index (χ1) is 7.13. The fraction of sp³-hybridized carbons (Fsp3) is 0.250. The third-order valence-electron chi connectivity index (χ3n) is 1.62. The van der Waals surface area contributed by atoms with E-state index in [2.05, 4.69) is 4.18 Å². The average Bonchev–Trinajstić information content (AvgIpc) is 2.09. The van der Waals surface area contributed by atoms with Crippen LogP contribution < -0.4 is 4.18 Å². The molecule has 0 saturated heterocycles. The summed E-state index contributed by atoms with van der Waals surface area (Å²) in [6.45, 7) is 1.51. The highest BCUT2D eigenvalue weighted by Crippen LogP contribution is 2.28. The molecule has 0 radical (unpaired) electrons. The molecule has 0 atom stereocenters. The van der Waals surface area contributed by atoms with Crippen molar-refractivity contribution in [2.75, 3.05) is 0 Å². The Balaban J connectivity index is 3.03. The van der Waals surface area contributed by atoms with Gasteiger partial charge in [0.05, 0.1) is 0 Å². The van der Waals surface area contributed by atoms with Crippen LogP contribution >= 0.6 is 11.6 Å². The van der Waals surface area contributed by atoms with Crippen molar-refractivity contribution >= 4 is 21.7 Å². The first-order valence-electron chi connectivity index (χ1n) is 3.90. The first-order valence-corrected chi connectivity index (χ1v) is 5.69. The Bertz CT molecular complexity index is 496. The lowest BCUT2D eigenvalue weighted by atomic mass is 10.2. The second-order valence-electron chi connectivity index (χ2n) is 2.89. The molecule has 1 rings (SSSR count). The van der Waals surface area contributed by atoms with E-state index in [4.69, 9.17) is 11.6 Å². The minimum Gasteiger partial charge on any atom is -0.376 e. The van der Waals surface area contributed by atoms with Crippen LogP contribution in [0.3, 0.4) is 0 Å². The molecule has 16 heavy (non-hydrogen) atoms. The summed E-state index contributed by atoms with van der Waals surface area (Å²) in [7, 11) is -5.62. The fourth-order valence-electron chi connectivity index (χ4n) is 0.843. The van der Waals surface area contributed by atoms with Crippen molar-refractivity contribution in [3.05, 3.63) is 28.8 Å². The molecule has 1 aromatic rings. The monoisotopic (exact) mass is 274 g/mol. The second-order valence-corrected chi connectivity index (χ2v) is 4.84. The van der Waals surface area contributed by atoms with Crippen LogP contribution in [0.1, 0.15) is 5.56 Å². The van der Waals surface area contributed by atoms with Crippen molar-refractivity contribution in [2.45, 2.75) is 12.4 Å². The van der Waals surface area contributed by atoms with Gasteiger partial charge in [-0.15, -0.1) is 0 Å². The topological polar surface area (TPSA) is 43.4 Å². The van der Waals surface area contributed by atoms with E-state index >= 15 is 0 Å². The number of benzene rings is 1. The van der Waals surface area contributed by atoms with Crippen molar-refractivity contribution in [1.29, 1.82) is 0 Å². The highest BCUT2D eigenvalue weighted by atomic mass is 35.5. The minimum absolute atomic E-state index is 0.303.